The lowest BCUT2D eigenvalue weighted by Gasteiger charge is -2.18. The molecule has 2 atom stereocenters. The second-order valence-electron chi connectivity index (χ2n) is 3.42. The SMILES string of the molecule is C#CCC(N)C(=O)NC(CC)CCC. The third kappa shape index (κ3) is 4.88. The normalized spacial score (nSPS) is 14.1. The molecule has 0 fully saturated rings. The molecule has 0 aromatic heterocycles. The molecule has 3 heteroatoms. The number of hydrogen-bond donors (Lipinski definition) is 2. The summed E-state index contributed by atoms with van der Waals surface area (Å²) in [4.78, 5) is 11.4. The molecule has 3 N–H and O–H groups in total. The number of nitrogens with two attached hydrogens (primary N) is 1. The van der Waals surface area contributed by atoms with Crippen molar-refractivity contribution >= 4 is 5.91 Å². The van der Waals surface area contributed by atoms with E-state index in [0.717, 1.165) is 19.3 Å². The number of terminal acetylenes is 1. The molecule has 0 aliphatic heterocycles. The lowest BCUT2D eigenvalue weighted by atomic mass is 10.1. The van der Waals surface area contributed by atoms with Crippen molar-refractivity contribution in [1.29, 1.82) is 0 Å². The molecule has 0 aromatic rings. The zero-order valence-corrected chi connectivity index (χ0v) is 9.05. The Labute approximate surface area is 86.4 Å². The molecule has 0 heterocycles. The maximum atomic E-state index is 11.4. The van der Waals surface area contributed by atoms with E-state index in [4.69, 9.17) is 12.2 Å². The van der Waals surface area contributed by atoms with Gasteiger partial charge in [0.2, 0.25) is 5.91 Å². The van der Waals surface area contributed by atoms with E-state index in [2.05, 4.69) is 18.2 Å². The van der Waals surface area contributed by atoms with Crippen LogP contribution in [-0.4, -0.2) is 18.0 Å². The first-order chi connectivity index (χ1) is 6.65. The van der Waals surface area contributed by atoms with Crippen LogP contribution < -0.4 is 11.1 Å². The molecule has 0 saturated carbocycles. The number of carbonyl (C=O) groups excluding carboxylic acids is 1. The minimum absolute atomic E-state index is 0.136. The van der Waals surface area contributed by atoms with Gasteiger partial charge in [0.05, 0.1) is 6.04 Å². The zero-order chi connectivity index (χ0) is 11.0. The van der Waals surface area contributed by atoms with Crippen molar-refractivity contribution in [3.63, 3.8) is 0 Å². The first kappa shape index (κ1) is 13.0. The molecule has 2 unspecified atom stereocenters. The molecule has 0 aromatic carbocycles. The molecule has 0 aliphatic rings. The lowest BCUT2D eigenvalue weighted by molar-refractivity contribution is -0.123. The number of carbonyl (C=O) groups is 1. The van der Waals surface area contributed by atoms with Crippen LogP contribution in [0.1, 0.15) is 39.5 Å². The van der Waals surface area contributed by atoms with Crippen molar-refractivity contribution in [2.75, 3.05) is 0 Å². The van der Waals surface area contributed by atoms with Crippen molar-refractivity contribution in [3.8, 4) is 12.3 Å². The predicted molar refractivity (Wildman–Crippen MR) is 58.6 cm³/mol. The monoisotopic (exact) mass is 196 g/mol. The van der Waals surface area contributed by atoms with Gasteiger partial charge in [0.25, 0.3) is 0 Å². The number of amides is 1. The number of nitrogens with one attached hydrogen (secondary N) is 1. The Morgan fingerprint density at radius 2 is 2.21 bits per heavy atom. The third-order valence-electron chi connectivity index (χ3n) is 2.15. The highest BCUT2D eigenvalue weighted by atomic mass is 16.2. The Morgan fingerprint density at radius 3 is 2.64 bits per heavy atom. The highest BCUT2D eigenvalue weighted by Crippen LogP contribution is 2.01. The van der Waals surface area contributed by atoms with Crippen LogP contribution >= 0.6 is 0 Å². The zero-order valence-electron chi connectivity index (χ0n) is 9.05. The van der Waals surface area contributed by atoms with Crippen molar-refractivity contribution in [2.24, 2.45) is 5.73 Å². The summed E-state index contributed by atoms with van der Waals surface area (Å²) in [5.41, 5.74) is 5.57. The Morgan fingerprint density at radius 1 is 1.57 bits per heavy atom. The molecule has 0 rings (SSSR count). The van der Waals surface area contributed by atoms with Gasteiger partial charge in [-0.25, -0.2) is 0 Å². The Balaban J connectivity index is 3.96. The van der Waals surface area contributed by atoms with Gasteiger partial charge in [0, 0.05) is 12.5 Å². The minimum atomic E-state index is -0.564. The lowest BCUT2D eigenvalue weighted by Crippen LogP contribution is -2.45. The number of rotatable bonds is 6. The fourth-order valence-electron chi connectivity index (χ4n) is 1.25. The van der Waals surface area contributed by atoms with Crippen LogP contribution in [0.4, 0.5) is 0 Å². The molecule has 0 bridgehead atoms. The summed E-state index contributed by atoms with van der Waals surface area (Å²) < 4.78 is 0. The van der Waals surface area contributed by atoms with E-state index in [9.17, 15) is 4.79 Å². The van der Waals surface area contributed by atoms with Crippen molar-refractivity contribution in [3.05, 3.63) is 0 Å². The second kappa shape index (κ2) is 7.40. The second-order valence-corrected chi connectivity index (χ2v) is 3.42. The van der Waals surface area contributed by atoms with E-state index < -0.39 is 6.04 Å². The van der Waals surface area contributed by atoms with E-state index in [1.165, 1.54) is 0 Å². The largest absolute Gasteiger partial charge is 0.352 e. The molecule has 0 spiro atoms. The third-order valence-corrected chi connectivity index (χ3v) is 2.15. The summed E-state index contributed by atoms with van der Waals surface area (Å²) in [6.45, 7) is 4.14. The molecule has 3 nitrogen and oxygen atoms in total. The smallest absolute Gasteiger partial charge is 0.238 e. The summed E-state index contributed by atoms with van der Waals surface area (Å²) in [5.74, 6) is 2.25. The Kier molecular flexibility index (Phi) is 6.87. The summed E-state index contributed by atoms with van der Waals surface area (Å²) in [6, 6.07) is -0.331. The van der Waals surface area contributed by atoms with Gasteiger partial charge in [-0.05, 0) is 12.8 Å². The molecule has 0 saturated heterocycles. The van der Waals surface area contributed by atoms with Crippen LogP contribution in [0.15, 0.2) is 0 Å². The van der Waals surface area contributed by atoms with Crippen LogP contribution in [-0.2, 0) is 4.79 Å². The van der Waals surface area contributed by atoms with Crippen LogP contribution in [0.5, 0.6) is 0 Å². The summed E-state index contributed by atoms with van der Waals surface area (Å²) in [6.07, 6.45) is 8.36. The van der Waals surface area contributed by atoms with Gasteiger partial charge < -0.3 is 11.1 Å². The van der Waals surface area contributed by atoms with Gasteiger partial charge in [-0.3, -0.25) is 4.79 Å². The average Bonchev–Trinajstić information content (AvgIpc) is 2.17. The van der Waals surface area contributed by atoms with Crippen molar-refractivity contribution in [1.82, 2.24) is 5.32 Å². The Bertz CT molecular complexity index is 208. The topological polar surface area (TPSA) is 55.1 Å². The van der Waals surface area contributed by atoms with Gasteiger partial charge in [-0.1, -0.05) is 20.3 Å². The van der Waals surface area contributed by atoms with Crippen molar-refractivity contribution < 1.29 is 4.79 Å². The standard InChI is InChI=1S/C11H20N2O/c1-4-7-9(6-3)13-11(14)10(12)8-5-2/h2,9-10H,4,6-8,12H2,1,3H3,(H,13,14). The van der Waals surface area contributed by atoms with E-state index >= 15 is 0 Å². The Hall–Kier alpha value is -1.01. The summed E-state index contributed by atoms with van der Waals surface area (Å²) in [5, 5.41) is 2.89. The first-order valence-corrected chi connectivity index (χ1v) is 5.15. The maximum Gasteiger partial charge on any atom is 0.238 e. The quantitative estimate of drug-likeness (QED) is 0.623. The van der Waals surface area contributed by atoms with Gasteiger partial charge in [-0.2, -0.15) is 0 Å². The van der Waals surface area contributed by atoms with E-state index in [1.807, 2.05) is 6.92 Å². The van der Waals surface area contributed by atoms with Crippen LogP contribution in [0.25, 0.3) is 0 Å². The highest BCUT2D eigenvalue weighted by Gasteiger charge is 2.15. The molecule has 0 radical (unpaired) electrons. The summed E-state index contributed by atoms with van der Waals surface area (Å²) in [7, 11) is 0. The van der Waals surface area contributed by atoms with Gasteiger partial charge in [0.1, 0.15) is 0 Å². The molecular formula is C11H20N2O. The fourth-order valence-corrected chi connectivity index (χ4v) is 1.25. The van der Waals surface area contributed by atoms with Crippen LogP contribution in [0.3, 0.4) is 0 Å². The molecule has 0 aliphatic carbocycles. The maximum absolute atomic E-state index is 11.4. The molecule has 1 amide bonds. The predicted octanol–water partition coefficient (Wildman–Crippen LogP) is 1.03. The fraction of sp³-hybridized carbons (Fsp3) is 0.727. The number of hydrogen-bond acceptors (Lipinski definition) is 2. The minimum Gasteiger partial charge on any atom is -0.352 e. The van der Waals surface area contributed by atoms with E-state index in [0.29, 0.717) is 6.42 Å². The molecular weight excluding hydrogens is 176 g/mol. The van der Waals surface area contributed by atoms with Crippen LogP contribution in [0, 0.1) is 12.3 Å². The van der Waals surface area contributed by atoms with Gasteiger partial charge in [0.15, 0.2) is 0 Å². The van der Waals surface area contributed by atoms with Gasteiger partial charge in [-0.15, -0.1) is 12.3 Å². The van der Waals surface area contributed by atoms with E-state index in [-0.39, 0.29) is 11.9 Å². The van der Waals surface area contributed by atoms with Gasteiger partial charge >= 0.3 is 0 Å². The summed E-state index contributed by atoms with van der Waals surface area (Å²) >= 11 is 0. The average molecular weight is 196 g/mol. The molecule has 14 heavy (non-hydrogen) atoms. The van der Waals surface area contributed by atoms with E-state index in [1.54, 1.807) is 0 Å². The van der Waals surface area contributed by atoms with Crippen LogP contribution in [0.2, 0.25) is 0 Å². The van der Waals surface area contributed by atoms with Crippen molar-refractivity contribution in [2.45, 2.75) is 51.6 Å². The highest BCUT2D eigenvalue weighted by molar-refractivity contribution is 5.82. The first-order valence-electron chi connectivity index (χ1n) is 5.15. The molecule has 80 valence electrons.